The monoisotopic (exact) mass is 371 g/mol. The molecule has 2 aromatic heterocycles. The van der Waals surface area contributed by atoms with Crippen molar-refractivity contribution < 1.29 is 4.79 Å². The second kappa shape index (κ2) is 7.97. The van der Waals surface area contributed by atoms with E-state index in [1.807, 2.05) is 36.9 Å². The van der Waals surface area contributed by atoms with Crippen LogP contribution in [0.1, 0.15) is 23.8 Å². The summed E-state index contributed by atoms with van der Waals surface area (Å²) in [4.78, 5) is 25.4. The number of thioether (sulfide) groups is 1. The second-order valence-corrected chi connectivity index (χ2v) is 8.15. The molecule has 0 atom stereocenters. The average Bonchev–Trinajstić information content (AvgIpc) is 2.97. The number of carbonyl (C=O) groups excluding carboxylic acids is 1. The zero-order valence-electron chi connectivity index (χ0n) is 14.7. The zero-order valence-corrected chi connectivity index (χ0v) is 16.3. The standard InChI is InChI=1S/C19H21N3OS2/c1-4-22(15-7-5-6-13(2)10-15)17(23)8-9-24-18-16-11-14(3)25-19(16)21-12-20-18/h5-7,10-12H,4,8-9H2,1-3H3. The number of anilines is 1. The summed E-state index contributed by atoms with van der Waals surface area (Å²) in [5, 5.41) is 2.05. The lowest BCUT2D eigenvalue weighted by Gasteiger charge is -2.21. The van der Waals surface area contributed by atoms with Crippen molar-refractivity contribution >= 4 is 44.9 Å². The maximum absolute atomic E-state index is 12.6. The topological polar surface area (TPSA) is 46.1 Å². The van der Waals surface area contributed by atoms with Gasteiger partial charge in [0.05, 0.1) is 0 Å². The number of aromatic nitrogens is 2. The molecule has 25 heavy (non-hydrogen) atoms. The van der Waals surface area contributed by atoms with Crippen LogP contribution in [0.15, 0.2) is 41.7 Å². The van der Waals surface area contributed by atoms with Gasteiger partial charge in [-0.25, -0.2) is 9.97 Å². The number of nitrogens with zero attached hydrogens (tertiary/aromatic N) is 3. The Morgan fingerprint density at radius 3 is 2.84 bits per heavy atom. The van der Waals surface area contributed by atoms with Crippen LogP contribution in [0.5, 0.6) is 0 Å². The summed E-state index contributed by atoms with van der Waals surface area (Å²) in [6, 6.07) is 10.2. The maximum atomic E-state index is 12.6. The third-order valence-corrected chi connectivity index (χ3v) is 5.87. The summed E-state index contributed by atoms with van der Waals surface area (Å²) in [7, 11) is 0. The molecule has 0 aliphatic rings. The van der Waals surface area contributed by atoms with Crippen LogP contribution in [-0.2, 0) is 4.79 Å². The lowest BCUT2D eigenvalue weighted by atomic mass is 10.2. The number of thiophene rings is 1. The van der Waals surface area contributed by atoms with Crippen molar-refractivity contribution in [3.8, 4) is 0 Å². The Balaban J connectivity index is 1.65. The van der Waals surface area contributed by atoms with Crippen LogP contribution < -0.4 is 4.90 Å². The van der Waals surface area contributed by atoms with Crippen LogP contribution in [-0.4, -0.2) is 28.2 Å². The van der Waals surface area contributed by atoms with E-state index < -0.39 is 0 Å². The second-order valence-electron chi connectivity index (χ2n) is 5.83. The van der Waals surface area contributed by atoms with Crippen LogP contribution in [0.3, 0.4) is 0 Å². The molecule has 6 heteroatoms. The first-order valence-electron chi connectivity index (χ1n) is 8.29. The fraction of sp³-hybridized carbons (Fsp3) is 0.316. The predicted molar refractivity (Wildman–Crippen MR) is 107 cm³/mol. The van der Waals surface area contributed by atoms with E-state index in [4.69, 9.17) is 0 Å². The molecule has 0 unspecified atom stereocenters. The van der Waals surface area contributed by atoms with Crippen molar-refractivity contribution in [2.24, 2.45) is 0 Å². The van der Waals surface area contributed by atoms with Crippen molar-refractivity contribution in [1.82, 2.24) is 9.97 Å². The molecule has 0 bridgehead atoms. The molecule has 2 heterocycles. The van der Waals surface area contributed by atoms with E-state index in [0.717, 1.165) is 26.5 Å². The number of amides is 1. The van der Waals surface area contributed by atoms with Gasteiger partial charge >= 0.3 is 0 Å². The van der Waals surface area contributed by atoms with Gasteiger partial charge in [-0.3, -0.25) is 4.79 Å². The summed E-state index contributed by atoms with van der Waals surface area (Å²) in [6.07, 6.45) is 2.09. The Hall–Kier alpha value is -1.92. The van der Waals surface area contributed by atoms with Gasteiger partial charge in [-0.2, -0.15) is 0 Å². The van der Waals surface area contributed by atoms with Gasteiger partial charge in [-0.05, 0) is 44.5 Å². The van der Waals surface area contributed by atoms with Crippen LogP contribution in [0, 0.1) is 13.8 Å². The number of hydrogen-bond acceptors (Lipinski definition) is 5. The third kappa shape index (κ3) is 4.19. The molecule has 1 aromatic carbocycles. The van der Waals surface area contributed by atoms with E-state index >= 15 is 0 Å². The molecule has 1 amide bonds. The zero-order chi connectivity index (χ0) is 17.8. The molecule has 130 valence electrons. The minimum Gasteiger partial charge on any atom is -0.313 e. The first-order chi connectivity index (χ1) is 12.1. The van der Waals surface area contributed by atoms with Gasteiger partial charge in [0.1, 0.15) is 16.2 Å². The third-order valence-electron chi connectivity index (χ3n) is 3.90. The molecule has 0 aliphatic heterocycles. The fourth-order valence-electron chi connectivity index (χ4n) is 2.74. The quantitative estimate of drug-likeness (QED) is 0.459. The highest BCUT2D eigenvalue weighted by atomic mass is 32.2. The summed E-state index contributed by atoms with van der Waals surface area (Å²) < 4.78 is 0. The minimum atomic E-state index is 0.146. The molecule has 0 aliphatic carbocycles. The van der Waals surface area contributed by atoms with Crippen LogP contribution in [0.25, 0.3) is 10.2 Å². The number of benzene rings is 1. The van der Waals surface area contributed by atoms with E-state index in [1.165, 1.54) is 4.88 Å². The SMILES string of the molecule is CCN(C(=O)CCSc1ncnc2sc(C)cc12)c1cccc(C)c1. The molecular weight excluding hydrogens is 350 g/mol. The van der Waals surface area contributed by atoms with E-state index in [-0.39, 0.29) is 5.91 Å². The molecule has 0 saturated heterocycles. The van der Waals surface area contributed by atoms with Gasteiger partial charge in [-0.15, -0.1) is 23.1 Å². The van der Waals surface area contributed by atoms with Gasteiger partial charge < -0.3 is 4.90 Å². The molecular formula is C19H21N3OS2. The fourth-order valence-corrected chi connectivity index (χ4v) is 4.55. The van der Waals surface area contributed by atoms with Gasteiger partial charge in [0.15, 0.2) is 0 Å². The van der Waals surface area contributed by atoms with E-state index in [2.05, 4.69) is 29.0 Å². The van der Waals surface area contributed by atoms with Crippen molar-refractivity contribution in [1.29, 1.82) is 0 Å². The van der Waals surface area contributed by atoms with Gasteiger partial charge in [0, 0.05) is 34.7 Å². The Morgan fingerprint density at radius 2 is 2.08 bits per heavy atom. The van der Waals surface area contributed by atoms with Crippen LogP contribution in [0.2, 0.25) is 0 Å². The minimum absolute atomic E-state index is 0.146. The first-order valence-corrected chi connectivity index (χ1v) is 10.1. The number of hydrogen-bond donors (Lipinski definition) is 0. The summed E-state index contributed by atoms with van der Waals surface area (Å²) in [5.41, 5.74) is 2.13. The Morgan fingerprint density at radius 1 is 1.24 bits per heavy atom. The molecule has 4 nitrogen and oxygen atoms in total. The molecule has 0 radical (unpaired) electrons. The smallest absolute Gasteiger partial charge is 0.227 e. The van der Waals surface area contributed by atoms with Crippen molar-refractivity contribution in [2.45, 2.75) is 32.2 Å². The number of fused-ring (bicyclic) bond motifs is 1. The first kappa shape index (κ1) is 17.9. The molecule has 0 fully saturated rings. The van der Waals surface area contributed by atoms with E-state index in [0.29, 0.717) is 18.7 Å². The van der Waals surface area contributed by atoms with E-state index in [1.54, 1.807) is 29.4 Å². The normalized spacial score (nSPS) is 11.0. The predicted octanol–water partition coefficient (Wildman–Crippen LogP) is 4.84. The van der Waals surface area contributed by atoms with Gasteiger partial charge in [-0.1, -0.05) is 12.1 Å². The molecule has 0 saturated carbocycles. The maximum Gasteiger partial charge on any atom is 0.227 e. The Labute approximate surface area is 156 Å². The van der Waals surface area contributed by atoms with Crippen LogP contribution in [0.4, 0.5) is 5.69 Å². The summed E-state index contributed by atoms with van der Waals surface area (Å²) >= 11 is 3.30. The highest BCUT2D eigenvalue weighted by molar-refractivity contribution is 7.99. The van der Waals surface area contributed by atoms with E-state index in [9.17, 15) is 4.79 Å². The molecule has 0 spiro atoms. The molecule has 3 aromatic rings. The number of carbonyl (C=O) groups is 1. The lowest BCUT2D eigenvalue weighted by molar-refractivity contribution is -0.118. The highest BCUT2D eigenvalue weighted by Crippen LogP contribution is 2.30. The van der Waals surface area contributed by atoms with Crippen molar-refractivity contribution in [2.75, 3.05) is 17.2 Å². The van der Waals surface area contributed by atoms with Crippen molar-refractivity contribution in [3.05, 3.63) is 47.1 Å². The van der Waals surface area contributed by atoms with Gasteiger partial charge in [0.25, 0.3) is 0 Å². The highest BCUT2D eigenvalue weighted by Gasteiger charge is 2.15. The number of aryl methyl sites for hydroxylation is 2. The largest absolute Gasteiger partial charge is 0.313 e. The molecule has 3 rings (SSSR count). The summed E-state index contributed by atoms with van der Waals surface area (Å²) in [5.74, 6) is 0.856. The number of rotatable bonds is 6. The molecule has 0 N–H and O–H groups in total. The van der Waals surface area contributed by atoms with Crippen LogP contribution >= 0.6 is 23.1 Å². The van der Waals surface area contributed by atoms with Crippen molar-refractivity contribution in [3.63, 3.8) is 0 Å². The van der Waals surface area contributed by atoms with Gasteiger partial charge in [0.2, 0.25) is 5.91 Å². The lowest BCUT2D eigenvalue weighted by Crippen LogP contribution is -2.30. The Kier molecular flexibility index (Phi) is 5.71. The Bertz CT molecular complexity index is 891. The summed E-state index contributed by atoms with van der Waals surface area (Å²) in [6.45, 7) is 6.80. The average molecular weight is 372 g/mol.